The Balaban J connectivity index is 1.89. The van der Waals surface area contributed by atoms with Crippen molar-refractivity contribution in [3.63, 3.8) is 0 Å². The molecule has 8 heteroatoms. The van der Waals surface area contributed by atoms with Gasteiger partial charge in [0.25, 0.3) is 0 Å². The summed E-state index contributed by atoms with van der Waals surface area (Å²) in [4.78, 5) is 36.1. The van der Waals surface area contributed by atoms with Crippen LogP contribution in [0.3, 0.4) is 0 Å². The van der Waals surface area contributed by atoms with E-state index in [2.05, 4.69) is 5.32 Å². The zero-order chi connectivity index (χ0) is 20.2. The molecule has 1 aliphatic rings. The number of nitrogens with one attached hydrogen (secondary N) is 1. The molecule has 0 radical (unpaired) electrons. The van der Waals surface area contributed by atoms with Crippen LogP contribution in [0.2, 0.25) is 0 Å². The normalized spacial score (nSPS) is 19.5. The lowest BCUT2D eigenvalue weighted by Crippen LogP contribution is -2.25. The lowest BCUT2D eigenvalue weighted by Gasteiger charge is -2.14. The first-order valence-corrected chi connectivity index (χ1v) is 10.7. The van der Waals surface area contributed by atoms with E-state index in [4.69, 9.17) is 4.74 Å². The van der Waals surface area contributed by atoms with Gasteiger partial charge in [-0.25, -0.2) is 8.42 Å². The molecular formula is C19H25NO6S. The number of hydrogen-bond donors (Lipinski definition) is 1. The summed E-state index contributed by atoms with van der Waals surface area (Å²) < 4.78 is 28.0. The second-order valence-electron chi connectivity index (χ2n) is 7.19. The predicted molar refractivity (Wildman–Crippen MR) is 101 cm³/mol. The number of Topliss-reactive ketones (excluding diaryl/α,β-unsaturated/α-hetero) is 1. The van der Waals surface area contributed by atoms with Crippen LogP contribution in [-0.4, -0.2) is 43.7 Å². The maximum absolute atomic E-state index is 12.4. The number of carbonyl (C=O) groups excluding carboxylic acids is 3. The summed E-state index contributed by atoms with van der Waals surface area (Å²) >= 11 is 0. The third-order valence-corrected chi connectivity index (χ3v) is 6.26. The van der Waals surface area contributed by atoms with Gasteiger partial charge in [0.15, 0.2) is 15.9 Å². The Kier molecular flexibility index (Phi) is 6.75. The third kappa shape index (κ3) is 6.16. The summed E-state index contributed by atoms with van der Waals surface area (Å²) in [6.07, 6.45) is -0.521. The van der Waals surface area contributed by atoms with E-state index < -0.39 is 21.9 Å². The Morgan fingerprint density at radius 1 is 1.15 bits per heavy atom. The van der Waals surface area contributed by atoms with Crippen LogP contribution in [0.4, 0.5) is 5.69 Å². The first kappa shape index (κ1) is 21.1. The molecule has 0 saturated carbocycles. The second-order valence-corrected chi connectivity index (χ2v) is 9.42. The van der Waals surface area contributed by atoms with Gasteiger partial charge in [0.1, 0.15) is 0 Å². The molecule has 0 spiro atoms. The van der Waals surface area contributed by atoms with Crippen molar-refractivity contribution in [2.75, 3.05) is 16.8 Å². The summed E-state index contributed by atoms with van der Waals surface area (Å²) in [5.41, 5.74) is 0.943. The number of sulfone groups is 1. The number of ether oxygens (including phenoxy) is 1. The van der Waals surface area contributed by atoms with Crippen LogP contribution >= 0.6 is 0 Å². The molecule has 1 aliphatic heterocycles. The van der Waals surface area contributed by atoms with Crippen molar-refractivity contribution in [1.82, 2.24) is 0 Å². The van der Waals surface area contributed by atoms with Crippen molar-refractivity contribution in [1.29, 1.82) is 0 Å². The summed E-state index contributed by atoms with van der Waals surface area (Å²) in [7, 11) is -3.05. The topological polar surface area (TPSA) is 107 Å². The molecule has 1 aromatic rings. The number of amides is 1. The zero-order valence-corrected chi connectivity index (χ0v) is 16.5. The van der Waals surface area contributed by atoms with Crippen molar-refractivity contribution < 1.29 is 27.5 Å². The van der Waals surface area contributed by atoms with Gasteiger partial charge >= 0.3 is 5.97 Å². The van der Waals surface area contributed by atoms with Crippen LogP contribution in [0.1, 0.15) is 44.0 Å². The summed E-state index contributed by atoms with van der Waals surface area (Å²) in [5, 5.41) is 2.73. The van der Waals surface area contributed by atoms with Crippen molar-refractivity contribution >= 4 is 33.2 Å². The summed E-state index contributed by atoms with van der Waals surface area (Å²) in [6, 6.07) is 6.36. The smallest absolute Gasteiger partial charge is 0.306 e. The molecule has 1 fully saturated rings. The van der Waals surface area contributed by atoms with Crippen LogP contribution in [0.5, 0.6) is 0 Å². The van der Waals surface area contributed by atoms with E-state index in [1.807, 2.05) is 0 Å². The fourth-order valence-electron chi connectivity index (χ4n) is 2.81. The number of ketones is 1. The molecule has 27 heavy (non-hydrogen) atoms. The Morgan fingerprint density at radius 3 is 2.30 bits per heavy atom. The average Bonchev–Trinajstić information content (AvgIpc) is 2.93. The van der Waals surface area contributed by atoms with Gasteiger partial charge in [-0.1, -0.05) is 13.8 Å². The zero-order valence-electron chi connectivity index (χ0n) is 15.7. The van der Waals surface area contributed by atoms with Gasteiger partial charge in [-0.3, -0.25) is 14.4 Å². The van der Waals surface area contributed by atoms with E-state index in [9.17, 15) is 22.8 Å². The fraction of sp³-hybridized carbons (Fsp3) is 0.526. The molecule has 1 aromatic carbocycles. The van der Waals surface area contributed by atoms with Crippen molar-refractivity contribution in [2.45, 2.75) is 39.7 Å². The first-order chi connectivity index (χ1) is 12.6. The van der Waals surface area contributed by atoms with Gasteiger partial charge in [0, 0.05) is 23.6 Å². The fourth-order valence-corrected chi connectivity index (χ4v) is 4.67. The molecule has 148 valence electrons. The molecule has 0 aliphatic carbocycles. The van der Waals surface area contributed by atoms with Crippen LogP contribution in [0.25, 0.3) is 0 Å². The van der Waals surface area contributed by atoms with E-state index in [1.54, 1.807) is 38.1 Å². The quantitative estimate of drug-likeness (QED) is 0.560. The highest BCUT2D eigenvalue weighted by Crippen LogP contribution is 2.22. The molecule has 1 saturated heterocycles. The Morgan fingerprint density at radius 2 is 1.78 bits per heavy atom. The third-order valence-electron chi connectivity index (χ3n) is 4.42. The molecule has 1 N–H and O–H groups in total. The lowest BCUT2D eigenvalue weighted by atomic mass is 10.0. The number of esters is 1. The Hall–Kier alpha value is -2.22. The highest BCUT2D eigenvalue weighted by Gasteiger charge is 2.31. The van der Waals surface area contributed by atoms with E-state index >= 15 is 0 Å². The molecular weight excluding hydrogens is 370 g/mol. The standard InChI is InChI=1S/C19H25NO6S/c1-12(2)19(23)20-16-6-4-15(5-7-16)18(22)13(3)26-17(21)10-14-8-9-27(24,25)11-14/h4-7,12-14H,8-11H2,1-3H3,(H,20,23)/t13-,14+/m0/s1. The van der Waals surface area contributed by atoms with Crippen LogP contribution in [0, 0.1) is 11.8 Å². The van der Waals surface area contributed by atoms with Crippen LogP contribution in [0.15, 0.2) is 24.3 Å². The van der Waals surface area contributed by atoms with E-state index in [-0.39, 0.29) is 41.5 Å². The van der Waals surface area contributed by atoms with Gasteiger partial charge in [-0.2, -0.15) is 0 Å². The van der Waals surface area contributed by atoms with Gasteiger partial charge < -0.3 is 10.1 Å². The minimum Gasteiger partial charge on any atom is -0.454 e. The first-order valence-electron chi connectivity index (χ1n) is 8.92. The number of carbonyl (C=O) groups is 3. The lowest BCUT2D eigenvalue weighted by molar-refractivity contribution is -0.147. The highest BCUT2D eigenvalue weighted by atomic mass is 32.2. The molecule has 2 rings (SSSR count). The Bertz CT molecular complexity index is 813. The molecule has 0 unspecified atom stereocenters. The van der Waals surface area contributed by atoms with E-state index in [0.29, 0.717) is 17.7 Å². The van der Waals surface area contributed by atoms with Gasteiger partial charge in [0.05, 0.1) is 11.5 Å². The van der Waals surface area contributed by atoms with Gasteiger partial charge in [-0.05, 0) is 43.5 Å². The molecule has 2 atom stereocenters. The number of benzene rings is 1. The van der Waals surface area contributed by atoms with Gasteiger partial charge in [0.2, 0.25) is 11.7 Å². The SMILES string of the molecule is CC(C)C(=O)Nc1ccc(C(=O)[C@H](C)OC(=O)C[C@H]2CCS(=O)(=O)C2)cc1. The van der Waals surface area contributed by atoms with Gasteiger partial charge in [-0.15, -0.1) is 0 Å². The van der Waals surface area contributed by atoms with E-state index in [0.717, 1.165) is 0 Å². The monoisotopic (exact) mass is 395 g/mol. The Labute approximate surface area is 159 Å². The van der Waals surface area contributed by atoms with Crippen molar-refractivity contribution in [3.05, 3.63) is 29.8 Å². The summed E-state index contributed by atoms with van der Waals surface area (Å²) in [6.45, 7) is 5.05. The van der Waals surface area contributed by atoms with Crippen molar-refractivity contribution in [3.8, 4) is 0 Å². The highest BCUT2D eigenvalue weighted by molar-refractivity contribution is 7.91. The number of anilines is 1. The van der Waals surface area contributed by atoms with Crippen LogP contribution < -0.4 is 5.32 Å². The van der Waals surface area contributed by atoms with Crippen molar-refractivity contribution in [2.24, 2.45) is 11.8 Å². The maximum atomic E-state index is 12.4. The number of rotatable bonds is 7. The minimum absolute atomic E-state index is 0.00295. The molecule has 7 nitrogen and oxygen atoms in total. The number of hydrogen-bond acceptors (Lipinski definition) is 6. The van der Waals surface area contributed by atoms with Crippen LogP contribution in [-0.2, 0) is 24.2 Å². The largest absolute Gasteiger partial charge is 0.454 e. The van der Waals surface area contributed by atoms with E-state index in [1.165, 1.54) is 6.92 Å². The minimum atomic E-state index is -3.05. The predicted octanol–water partition coefficient (Wildman–Crippen LogP) is 2.22. The average molecular weight is 395 g/mol. The molecule has 1 heterocycles. The molecule has 0 aromatic heterocycles. The molecule has 1 amide bonds. The summed E-state index contributed by atoms with van der Waals surface area (Å²) in [5.74, 6) is -1.35. The second kappa shape index (κ2) is 8.65. The maximum Gasteiger partial charge on any atom is 0.306 e. The molecule has 0 bridgehead atoms.